The Hall–Kier alpha value is -1.04. The third-order valence-corrected chi connectivity index (χ3v) is 5.58. The van der Waals surface area contributed by atoms with Crippen LogP contribution < -0.4 is 11.1 Å². The molecule has 0 bridgehead atoms. The molecule has 20 heavy (non-hydrogen) atoms. The Bertz CT molecular complexity index is 454. The van der Waals surface area contributed by atoms with E-state index in [2.05, 4.69) is 12.2 Å². The standard InChI is InChI=1S/C15H22N2O2S/c1-11-13(8-9-19-11)20-10-15(17-2,14(16)18)12-6-4-3-5-7-12/h3-7,11,13,17H,8-10H2,1-2H3,(H2,16,18). The molecule has 1 aliphatic heterocycles. The highest BCUT2D eigenvalue weighted by molar-refractivity contribution is 8.00. The molecule has 0 aliphatic carbocycles. The number of nitrogens with two attached hydrogens (primary N) is 1. The maximum Gasteiger partial charge on any atom is 0.243 e. The molecule has 3 unspecified atom stereocenters. The maximum absolute atomic E-state index is 12.1. The van der Waals surface area contributed by atoms with Crippen LogP contribution in [0.3, 0.4) is 0 Å². The fourth-order valence-corrected chi connectivity index (χ4v) is 4.05. The van der Waals surface area contributed by atoms with Crippen molar-refractivity contribution in [2.45, 2.75) is 30.2 Å². The number of nitrogens with one attached hydrogen (secondary N) is 1. The molecule has 1 amide bonds. The molecule has 1 fully saturated rings. The molecule has 1 saturated heterocycles. The van der Waals surface area contributed by atoms with Crippen LogP contribution in [0.2, 0.25) is 0 Å². The molecule has 3 N–H and O–H groups in total. The Morgan fingerprint density at radius 1 is 1.50 bits per heavy atom. The lowest BCUT2D eigenvalue weighted by Crippen LogP contribution is -2.53. The van der Waals surface area contributed by atoms with Gasteiger partial charge in [-0.05, 0) is 26.0 Å². The molecule has 4 nitrogen and oxygen atoms in total. The van der Waals surface area contributed by atoms with Gasteiger partial charge in [0.2, 0.25) is 5.91 Å². The van der Waals surface area contributed by atoms with Gasteiger partial charge in [-0.15, -0.1) is 0 Å². The van der Waals surface area contributed by atoms with Gasteiger partial charge in [0.05, 0.1) is 6.10 Å². The fraction of sp³-hybridized carbons (Fsp3) is 0.533. The first-order chi connectivity index (χ1) is 9.60. The number of primary amides is 1. The normalized spacial score (nSPS) is 25.3. The van der Waals surface area contributed by atoms with Gasteiger partial charge in [-0.25, -0.2) is 0 Å². The molecule has 1 aromatic carbocycles. The zero-order chi connectivity index (χ0) is 14.6. The van der Waals surface area contributed by atoms with Crippen molar-refractivity contribution in [3.05, 3.63) is 35.9 Å². The molecule has 2 rings (SSSR count). The van der Waals surface area contributed by atoms with Crippen LogP contribution in [0.15, 0.2) is 30.3 Å². The molecule has 0 radical (unpaired) electrons. The Balaban J connectivity index is 2.17. The number of likely N-dealkylation sites (N-methyl/N-ethyl adjacent to an activating group) is 1. The average molecular weight is 294 g/mol. The summed E-state index contributed by atoms with van der Waals surface area (Å²) < 4.78 is 5.57. The van der Waals surface area contributed by atoms with Gasteiger partial charge in [0.15, 0.2) is 0 Å². The third kappa shape index (κ3) is 3.00. The van der Waals surface area contributed by atoms with E-state index in [1.807, 2.05) is 30.3 Å². The van der Waals surface area contributed by atoms with Crippen LogP contribution in [-0.4, -0.2) is 36.7 Å². The number of rotatable bonds is 6. The van der Waals surface area contributed by atoms with Gasteiger partial charge in [0.1, 0.15) is 5.54 Å². The molecule has 1 aromatic rings. The monoisotopic (exact) mass is 294 g/mol. The highest BCUT2D eigenvalue weighted by Gasteiger charge is 2.38. The summed E-state index contributed by atoms with van der Waals surface area (Å²) in [5, 5.41) is 3.56. The third-order valence-electron chi connectivity index (χ3n) is 3.93. The maximum atomic E-state index is 12.1. The number of carbonyl (C=O) groups is 1. The van der Waals surface area contributed by atoms with E-state index >= 15 is 0 Å². The first kappa shape index (κ1) is 15.4. The summed E-state index contributed by atoms with van der Waals surface area (Å²) in [6.07, 6.45) is 1.26. The van der Waals surface area contributed by atoms with Gasteiger partial charge in [0.25, 0.3) is 0 Å². The predicted octanol–water partition coefficient (Wildman–Crippen LogP) is 1.50. The van der Waals surface area contributed by atoms with Gasteiger partial charge in [-0.1, -0.05) is 30.3 Å². The lowest BCUT2D eigenvalue weighted by atomic mass is 9.91. The molecule has 1 aliphatic rings. The molecule has 3 atom stereocenters. The lowest BCUT2D eigenvalue weighted by molar-refractivity contribution is -0.123. The van der Waals surface area contributed by atoms with Gasteiger partial charge in [-0.3, -0.25) is 4.79 Å². The number of hydrogen-bond donors (Lipinski definition) is 2. The van der Waals surface area contributed by atoms with Crippen molar-refractivity contribution < 1.29 is 9.53 Å². The highest BCUT2D eigenvalue weighted by atomic mass is 32.2. The second kappa shape index (κ2) is 6.61. The van der Waals surface area contributed by atoms with Crippen molar-refractivity contribution >= 4 is 17.7 Å². The number of carbonyl (C=O) groups excluding carboxylic acids is 1. The number of ether oxygens (including phenoxy) is 1. The summed E-state index contributed by atoms with van der Waals surface area (Å²) in [5.74, 6) is 0.270. The van der Waals surface area contributed by atoms with Crippen LogP contribution >= 0.6 is 11.8 Å². The summed E-state index contributed by atoms with van der Waals surface area (Å²) in [5.41, 5.74) is 5.77. The second-order valence-corrected chi connectivity index (χ2v) is 6.33. The van der Waals surface area contributed by atoms with Crippen LogP contribution in [0.25, 0.3) is 0 Å². The van der Waals surface area contributed by atoms with Crippen LogP contribution in [0, 0.1) is 0 Å². The van der Waals surface area contributed by atoms with Crippen LogP contribution in [0.4, 0.5) is 0 Å². The van der Waals surface area contributed by atoms with Gasteiger partial charge >= 0.3 is 0 Å². The topological polar surface area (TPSA) is 64.3 Å². The molecule has 0 aromatic heterocycles. The summed E-state index contributed by atoms with van der Waals surface area (Å²) >= 11 is 1.76. The Morgan fingerprint density at radius 2 is 2.20 bits per heavy atom. The molecule has 5 heteroatoms. The molecule has 0 saturated carbocycles. The molecule has 0 spiro atoms. The number of amides is 1. The van der Waals surface area contributed by atoms with E-state index in [0.717, 1.165) is 18.6 Å². The van der Waals surface area contributed by atoms with E-state index in [4.69, 9.17) is 10.5 Å². The van der Waals surface area contributed by atoms with Crippen molar-refractivity contribution in [2.24, 2.45) is 5.73 Å². The Kier molecular flexibility index (Phi) is 5.07. The molecule has 110 valence electrons. The van der Waals surface area contributed by atoms with Crippen molar-refractivity contribution in [1.29, 1.82) is 0 Å². The SMILES string of the molecule is CNC(CSC1CCOC1C)(C(N)=O)c1ccccc1. The first-order valence-corrected chi connectivity index (χ1v) is 7.92. The van der Waals surface area contributed by atoms with E-state index in [1.165, 1.54) is 0 Å². The van der Waals surface area contributed by atoms with Crippen LogP contribution in [0.1, 0.15) is 18.9 Å². The van der Waals surface area contributed by atoms with E-state index in [1.54, 1.807) is 18.8 Å². The summed E-state index contributed by atoms with van der Waals surface area (Å²) in [6.45, 7) is 2.88. The fourth-order valence-electron chi connectivity index (χ4n) is 2.52. The number of hydrogen-bond acceptors (Lipinski definition) is 4. The van der Waals surface area contributed by atoms with E-state index in [-0.39, 0.29) is 12.0 Å². The zero-order valence-electron chi connectivity index (χ0n) is 12.0. The van der Waals surface area contributed by atoms with Crippen molar-refractivity contribution in [3.8, 4) is 0 Å². The smallest absolute Gasteiger partial charge is 0.243 e. The molecular formula is C15H22N2O2S. The number of benzene rings is 1. The van der Waals surface area contributed by atoms with E-state index < -0.39 is 5.54 Å². The Morgan fingerprint density at radius 3 is 2.70 bits per heavy atom. The quantitative estimate of drug-likeness (QED) is 0.834. The summed E-state index contributed by atoms with van der Waals surface area (Å²) in [6, 6.07) is 9.67. The largest absolute Gasteiger partial charge is 0.377 e. The van der Waals surface area contributed by atoms with Crippen LogP contribution in [-0.2, 0) is 15.1 Å². The zero-order valence-corrected chi connectivity index (χ0v) is 12.8. The molecule has 1 heterocycles. The highest BCUT2D eigenvalue weighted by Crippen LogP contribution is 2.32. The minimum Gasteiger partial charge on any atom is -0.377 e. The van der Waals surface area contributed by atoms with Gasteiger partial charge < -0.3 is 15.8 Å². The minimum absolute atomic E-state index is 0.234. The van der Waals surface area contributed by atoms with Crippen molar-refractivity contribution in [1.82, 2.24) is 5.32 Å². The summed E-state index contributed by atoms with van der Waals surface area (Å²) in [4.78, 5) is 12.1. The first-order valence-electron chi connectivity index (χ1n) is 6.87. The van der Waals surface area contributed by atoms with E-state index in [9.17, 15) is 4.79 Å². The van der Waals surface area contributed by atoms with Crippen molar-refractivity contribution in [3.63, 3.8) is 0 Å². The molecular weight excluding hydrogens is 272 g/mol. The van der Waals surface area contributed by atoms with Gasteiger partial charge in [-0.2, -0.15) is 11.8 Å². The Labute approximate surface area is 124 Å². The second-order valence-electron chi connectivity index (χ2n) is 5.10. The predicted molar refractivity (Wildman–Crippen MR) is 82.7 cm³/mol. The minimum atomic E-state index is -0.825. The van der Waals surface area contributed by atoms with Crippen molar-refractivity contribution in [2.75, 3.05) is 19.4 Å². The average Bonchev–Trinajstić information content (AvgIpc) is 2.86. The number of thioether (sulfide) groups is 1. The van der Waals surface area contributed by atoms with E-state index in [0.29, 0.717) is 11.0 Å². The van der Waals surface area contributed by atoms with Crippen LogP contribution in [0.5, 0.6) is 0 Å². The van der Waals surface area contributed by atoms with Gasteiger partial charge in [0, 0.05) is 17.6 Å². The lowest BCUT2D eigenvalue weighted by Gasteiger charge is -2.31. The summed E-state index contributed by atoms with van der Waals surface area (Å²) in [7, 11) is 1.78.